The average Bonchev–Trinajstić information content (AvgIpc) is 2.93. The molecule has 0 amide bonds. The lowest BCUT2D eigenvalue weighted by atomic mass is 9.95. The van der Waals surface area contributed by atoms with Crippen LogP contribution >= 0.6 is 0 Å². The van der Waals surface area contributed by atoms with Crippen molar-refractivity contribution < 1.29 is 0 Å². The van der Waals surface area contributed by atoms with Gasteiger partial charge in [0.2, 0.25) is 0 Å². The van der Waals surface area contributed by atoms with E-state index in [9.17, 15) is 0 Å². The van der Waals surface area contributed by atoms with Crippen LogP contribution in [0.2, 0.25) is 0 Å². The molecule has 2 heterocycles. The molecule has 1 saturated heterocycles. The summed E-state index contributed by atoms with van der Waals surface area (Å²) in [6.07, 6.45) is 3.29. The van der Waals surface area contributed by atoms with Gasteiger partial charge in [-0.15, -0.1) is 0 Å². The fourth-order valence-electron chi connectivity index (χ4n) is 2.80. The maximum atomic E-state index is 4.61. The normalized spacial score (nSPS) is 22.8. The number of aromatic amines is 1. The molecule has 18 heavy (non-hydrogen) atoms. The second kappa shape index (κ2) is 5.85. The van der Waals surface area contributed by atoms with Gasteiger partial charge in [-0.25, -0.2) is 4.98 Å². The highest BCUT2D eigenvalue weighted by molar-refractivity contribution is 5.13. The van der Waals surface area contributed by atoms with Gasteiger partial charge in [0, 0.05) is 36.8 Å². The summed E-state index contributed by atoms with van der Waals surface area (Å²) in [5.41, 5.74) is 1.32. The highest BCUT2D eigenvalue weighted by atomic mass is 15.1. The van der Waals surface area contributed by atoms with Gasteiger partial charge in [0.05, 0.1) is 0 Å². The van der Waals surface area contributed by atoms with Crippen molar-refractivity contribution in [3.8, 4) is 0 Å². The first-order chi connectivity index (χ1) is 8.61. The molecule has 1 aromatic heterocycles. The summed E-state index contributed by atoms with van der Waals surface area (Å²) >= 11 is 0. The van der Waals surface area contributed by atoms with Crippen LogP contribution in [0.15, 0.2) is 6.20 Å². The van der Waals surface area contributed by atoms with E-state index in [0.717, 1.165) is 18.9 Å². The first-order valence-corrected chi connectivity index (χ1v) is 6.99. The number of likely N-dealkylation sites (N-methyl/N-ethyl adjacent to an activating group) is 2. The molecule has 0 aliphatic carbocycles. The molecule has 2 N–H and O–H groups in total. The van der Waals surface area contributed by atoms with Gasteiger partial charge in [0.15, 0.2) is 0 Å². The van der Waals surface area contributed by atoms with Crippen LogP contribution in [0, 0.1) is 5.92 Å². The van der Waals surface area contributed by atoms with E-state index in [1.807, 2.05) is 13.2 Å². The first-order valence-electron chi connectivity index (χ1n) is 6.99. The third-order valence-corrected chi connectivity index (χ3v) is 4.03. The maximum absolute atomic E-state index is 4.61. The Hall–Kier alpha value is -0.870. The number of nitrogens with zero attached hydrogens (tertiary/aromatic N) is 2. The average molecular weight is 250 g/mol. The van der Waals surface area contributed by atoms with Gasteiger partial charge < -0.3 is 15.2 Å². The molecule has 4 heteroatoms. The molecule has 4 nitrogen and oxygen atoms in total. The quantitative estimate of drug-likeness (QED) is 0.837. The summed E-state index contributed by atoms with van der Waals surface area (Å²) in [6, 6.07) is 0. The molecule has 0 aromatic carbocycles. The Morgan fingerprint density at radius 1 is 1.56 bits per heavy atom. The van der Waals surface area contributed by atoms with Gasteiger partial charge in [-0.1, -0.05) is 13.8 Å². The fraction of sp³-hybridized carbons (Fsp3) is 0.786. The molecular formula is C14H26N4. The van der Waals surface area contributed by atoms with E-state index in [2.05, 4.69) is 41.1 Å². The smallest absolute Gasteiger partial charge is 0.110 e. The van der Waals surface area contributed by atoms with Crippen molar-refractivity contribution in [2.75, 3.05) is 33.7 Å². The largest absolute Gasteiger partial charge is 0.345 e. The second-order valence-electron chi connectivity index (χ2n) is 5.88. The van der Waals surface area contributed by atoms with Crippen LogP contribution in [0.3, 0.4) is 0 Å². The Morgan fingerprint density at radius 2 is 2.33 bits per heavy atom. The number of rotatable bonds is 5. The molecule has 1 aromatic rings. The van der Waals surface area contributed by atoms with Crippen LogP contribution in [0.1, 0.15) is 43.6 Å². The van der Waals surface area contributed by atoms with Gasteiger partial charge in [-0.3, -0.25) is 0 Å². The Labute approximate surface area is 110 Å². The van der Waals surface area contributed by atoms with Gasteiger partial charge in [0.25, 0.3) is 0 Å². The van der Waals surface area contributed by atoms with Crippen molar-refractivity contribution in [3.63, 3.8) is 0 Å². The number of likely N-dealkylation sites (tertiary alicyclic amines) is 1. The summed E-state index contributed by atoms with van der Waals surface area (Å²) in [5, 5.41) is 3.27. The number of nitrogens with one attached hydrogen (secondary N) is 2. The van der Waals surface area contributed by atoms with Gasteiger partial charge >= 0.3 is 0 Å². The molecule has 1 fully saturated rings. The van der Waals surface area contributed by atoms with Crippen molar-refractivity contribution in [1.82, 2.24) is 20.2 Å². The highest BCUT2D eigenvalue weighted by Gasteiger charge is 2.24. The molecule has 2 unspecified atom stereocenters. The monoisotopic (exact) mass is 250 g/mol. The lowest BCUT2D eigenvalue weighted by Gasteiger charge is -2.18. The van der Waals surface area contributed by atoms with Crippen LogP contribution in [-0.4, -0.2) is 48.6 Å². The van der Waals surface area contributed by atoms with Crippen molar-refractivity contribution in [2.24, 2.45) is 5.92 Å². The number of hydrogen-bond donors (Lipinski definition) is 2. The molecule has 0 spiro atoms. The Kier molecular flexibility index (Phi) is 4.40. The first kappa shape index (κ1) is 13.6. The Bertz CT molecular complexity index is 372. The summed E-state index contributed by atoms with van der Waals surface area (Å²) in [7, 11) is 4.19. The van der Waals surface area contributed by atoms with Gasteiger partial charge in [-0.05, 0) is 33.0 Å². The van der Waals surface area contributed by atoms with Crippen LogP contribution in [0.4, 0.5) is 0 Å². The van der Waals surface area contributed by atoms with E-state index in [0.29, 0.717) is 17.8 Å². The lowest BCUT2D eigenvalue weighted by Crippen LogP contribution is -2.22. The van der Waals surface area contributed by atoms with Crippen molar-refractivity contribution in [1.29, 1.82) is 0 Å². The zero-order valence-electron chi connectivity index (χ0n) is 12.0. The molecule has 2 atom stereocenters. The van der Waals surface area contributed by atoms with E-state index in [-0.39, 0.29) is 0 Å². The van der Waals surface area contributed by atoms with Crippen LogP contribution in [0.5, 0.6) is 0 Å². The van der Waals surface area contributed by atoms with Crippen LogP contribution in [-0.2, 0) is 0 Å². The molecule has 102 valence electrons. The summed E-state index contributed by atoms with van der Waals surface area (Å²) in [4.78, 5) is 10.6. The summed E-state index contributed by atoms with van der Waals surface area (Å²) in [6.45, 7) is 7.85. The van der Waals surface area contributed by atoms with Crippen LogP contribution < -0.4 is 5.32 Å². The predicted molar refractivity (Wildman–Crippen MR) is 74.9 cm³/mol. The van der Waals surface area contributed by atoms with Crippen molar-refractivity contribution >= 4 is 0 Å². The van der Waals surface area contributed by atoms with Crippen molar-refractivity contribution in [3.05, 3.63) is 17.7 Å². The standard InChI is InChI=1S/C14H26N4/c1-10(2)12(7-15-3)14-16-8-13(17-14)11-5-6-18(4)9-11/h8,10-12,15H,5-7,9H2,1-4H3,(H,16,17). The molecule has 1 aliphatic rings. The Morgan fingerprint density at radius 3 is 2.89 bits per heavy atom. The topological polar surface area (TPSA) is 44.0 Å². The molecule has 1 aliphatic heterocycles. The minimum atomic E-state index is 0.475. The van der Waals surface area contributed by atoms with Crippen LogP contribution in [0.25, 0.3) is 0 Å². The minimum Gasteiger partial charge on any atom is -0.345 e. The fourth-order valence-corrected chi connectivity index (χ4v) is 2.80. The second-order valence-corrected chi connectivity index (χ2v) is 5.88. The van der Waals surface area contributed by atoms with E-state index < -0.39 is 0 Å². The lowest BCUT2D eigenvalue weighted by molar-refractivity contribution is 0.410. The van der Waals surface area contributed by atoms with E-state index >= 15 is 0 Å². The molecule has 0 bridgehead atoms. The molecule has 0 saturated carbocycles. The zero-order chi connectivity index (χ0) is 13.1. The summed E-state index contributed by atoms with van der Waals surface area (Å²) < 4.78 is 0. The Balaban J connectivity index is 2.08. The third-order valence-electron chi connectivity index (χ3n) is 4.03. The van der Waals surface area contributed by atoms with Gasteiger partial charge in [-0.2, -0.15) is 0 Å². The number of imidazole rings is 1. The van der Waals surface area contributed by atoms with E-state index in [1.165, 1.54) is 18.7 Å². The number of hydrogen-bond acceptors (Lipinski definition) is 3. The SMILES string of the molecule is CNCC(c1ncc(C2CCN(C)C2)[nH]1)C(C)C. The van der Waals surface area contributed by atoms with E-state index in [4.69, 9.17) is 0 Å². The number of aromatic nitrogens is 2. The number of H-pyrrole nitrogens is 1. The molecule has 0 radical (unpaired) electrons. The third kappa shape index (κ3) is 2.93. The van der Waals surface area contributed by atoms with Gasteiger partial charge in [0.1, 0.15) is 5.82 Å². The summed E-state index contributed by atoms with van der Waals surface area (Å²) in [5.74, 6) is 2.85. The van der Waals surface area contributed by atoms with Crippen molar-refractivity contribution in [2.45, 2.75) is 32.1 Å². The maximum Gasteiger partial charge on any atom is 0.110 e. The highest BCUT2D eigenvalue weighted by Crippen LogP contribution is 2.27. The minimum absolute atomic E-state index is 0.475. The predicted octanol–water partition coefficient (Wildman–Crippen LogP) is 1.79. The molecule has 2 rings (SSSR count). The zero-order valence-corrected chi connectivity index (χ0v) is 12.0. The van der Waals surface area contributed by atoms with E-state index in [1.54, 1.807) is 0 Å². The molecular weight excluding hydrogens is 224 g/mol.